The van der Waals surface area contributed by atoms with Crippen LogP contribution in [0.25, 0.3) is 0 Å². The van der Waals surface area contributed by atoms with Crippen LogP contribution in [-0.2, 0) is 4.79 Å². The van der Waals surface area contributed by atoms with Gasteiger partial charge in [-0.05, 0) is 38.5 Å². The van der Waals surface area contributed by atoms with E-state index in [-0.39, 0.29) is 11.7 Å². The Balaban J connectivity index is 2.12. The number of rotatable bonds is 8. The molecule has 1 rings (SSSR count). The number of allylic oxidation sites excluding steroid dienone is 2. The van der Waals surface area contributed by atoms with Gasteiger partial charge in [0.05, 0.1) is 6.10 Å². The highest BCUT2D eigenvalue weighted by atomic mass is 16.3. The highest BCUT2D eigenvalue weighted by Gasteiger charge is 2.28. The number of aliphatic hydroxyl groups is 1. The van der Waals surface area contributed by atoms with E-state index in [1.165, 1.54) is 19.3 Å². The number of ketones is 1. The number of aliphatic hydroxyl groups excluding tert-OH is 1. The van der Waals surface area contributed by atoms with E-state index in [0.29, 0.717) is 6.42 Å². The van der Waals surface area contributed by atoms with E-state index in [0.717, 1.165) is 38.5 Å². The van der Waals surface area contributed by atoms with Crippen molar-refractivity contribution in [1.29, 1.82) is 0 Å². The fraction of sp³-hybridized carbons (Fsp3) is 0.812. The summed E-state index contributed by atoms with van der Waals surface area (Å²) in [6, 6.07) is 0. The molecule has 2 atom stereocenters. The van der Waals surface area contributed by atoms with Crippen molar-refractivity contribution in [3.8, 4) is 0 Å². The van der Waals surface area contributed by atoms with E-state index in [9.17, 15) is 9.90 Å². The summed E-state index contributed by atoms with van der Waals surface area (Å²) in [7, 11) is 0. The van der Waals surface area contributed by atoms with E-state index in [4.69, 9.17) is 0 Å². The van der Waals surface area contributed by atoms with Gasteiger partial charge in [-0.2, -0.15) is 0 Å². The van der Waals surface area contributed by atoms with Gasteiger partial charge in [-0.15, -0.1) is 0 Å². The van der Waals surface area contributed by atoms with Gasteiger partial charge < -0.3 is 5.11 Å². The first kappa shape index (κ1) is 15.4. The van der Waals surface area contributed by atoms with Gasteiger partial charge in [-0.25, -0.2) is 0 Å². The molecule has 2 nitrogen and oxygen atoms in total. The fourth-order valence-corrected chi connectivity index (χ4v) is 2.63. The van der Waals surface area contributed by atoms with Crippen LogP contribution in [0.15, 0.2) is 12.2 Å². The zero-order valence-corrected chi connectivity index (χ0v) is 11.7. The summed E-state index contributed by atoms with van der Waals surface area (Å²) in [6.45, 7) is 2.21. The molecular formula is C16H28O2. The standard InChI is InChI=1S/C16H28O2/c1-2-3-4-5-6-7-8-12-15(17)14-11-9-10-13-16(14)18/h6-7,14-15,17H,2-5,8-13H2,1H3/b7-6+/t14-,15-/m1/s1. The average molecular weight is 252 g/mol. The molecular weight excluding hydrogens is 224 g/mol. The van der Waals surface area contributed by atoms with Crippen LogP contribution in [0.3, 0.4) is 0 Å². The quantitative estimate of drug-likeness (QED) is 0.523. The highest BCUT2D eigenvalue weighted by Crippen LogP contribution is 2.25. The van der Waals surface area contributed by atoms with Gasteiger partial charge in [0, 0.05) is 12.3 Å². The smallest absolute Gasteiger partial charge is 0.138 e. The lowest BCUT2D eigenvalue weighted by Gasteiger charge is -2.24. The monoisotopic (exact) mass is 252 g/mol. The minimum atomic E-state index is -0.418. The SMILES string of the molecule is CCCCC/C=C/CC[C@@H](O)[C@H]1CCCCC1=O. The minimum Gasteiger partial charge on any atom is -0.392 e. The van der Waals surface area contributed by atoms with E-state index < -0.39 is 6.10 Å². The van der Waals surface area contributed by atoms with Crippen LogP contribution in [0.1, 0.15) is 71.1 Å². The summed E-state index contributed by atoms with van der Waals surface area (Å²) in [5, 5.41) is 10.0. The summed E-state index contributed by atoms with van der Waals surface area (Å²) in [4.78, 5) is 11.7. The Morgan fingerprint density at radius 1 is 1.28 bits per heavy atom. The summed E-state index contributed by atoms with van der Waals surface area (Å²) in [5.41, 5.74) is 0. The second-order valence-electron chi connectivity index (χ2n) is 5.43. The van der Waals surface area contributed by atoms with Crippen LogP contribution in [0.5, 0.6) is 0 Å². The van der Waals surface area contributed by atoms with Gasteiger partial charge in [0.1, 0.15) is 5.78 Å². The lowest BCUT2D eigenvalue weighted by atomic mass is 9.82. The Labute approximate surface area is 111 Å². The average Bonchev–Trinajstić information content (AvgIpc) is 2.38. The van der Waals surface area contributed by atoms with Crippen molar-refractivity contribution >= 4 is 5.78 Å². The van der Waals surface area contributed by atoms with Gasteiger partial charge in [-0.3, -0.25) is 4.79 Å². The van der Waals surface area contributed by atoms with Crippen LogP contribution in [-0.4, -0.2) is 17.0 Å². The van der Waals surface area contributed by atoms with Gasteiger partial charge >= 0.3 is 0 Å². The predicted octanol–water partition coefficient (Wildman–Crippen LogP) is 4.02. The van der Waals surface area contributed by atoms with Crippen molar-refractivity contribution in [2.45, 2.75) is 77.2 Å². The normalized spacial score (nSPS) is 22.6. The molecule has 1 aliphatic carbocycles. The van der Waals surface area contributed by atoms with Crippen molar-refractivity contribution < 1.29 is 9.90 Å². The van der Waals surface area contributed by atoms with Crippen LogP contribution < -0.4 is 0 Å². The van der Waals surface area contributed by atoms with Crippen molar-refractivity contribution in [2.24, 2.45) is 5.92 Å². The Kier molecular flexibility index (Phi) is 7.99. The van der Waals surface area contributed by atoms with Crippen molar-refractivity contribution in [3.05, 3.63) is 12.2 Å². The molecule has 2 heteroatoms. The third kappa shape index (κ3) is 5.81. The molecule has 1 saturated carbocycles. The second kappa shape index (κ2) is 9.32. The molecule has 0 radical (unpaired) electrons. The maximum Gasteiger partial charge on any atom is 0.138 e. The van der Waals surface area contributed by atoms with Gasteiger partial charge in [-0.1, -0.05) is 38.3 Å². The molecule has 0 unspecified atom stereocenters. The Bertz CT molecular complexity index is 258. The number of Topliss-reactive ketones (excluding diaryl/α,β-unsaturated/α-hetero) is 1. The van der Waals surface area contributed by atoms with E-state index >= 15 is 0 Å². The summed E-state index contributed by atoms with van der Waals surface area (Å²) < 4.78 is 0. The molecule has 0 aliphatic heterocycles. The fourth-order valence-electron chi connectivity index (χ4n) is 2.63. The molecule has 0 amide bonds. The minimum absolute atomic E-state index is 0.0766. The van der Waals surface area contributed by atoms with Crippen LogP contribution in [0, 0.1) is 5.92 Å². The zero-order chi connectivity index (χ0) is 13.2. The van der Waals surface area contributed by atoms with Crippen molar-refractivity contribution in [1.82, 2.24) is 0 Å². The molecule has 0 aromatic heterocycles. The third-order valence-electron chi connectivity index (χ3n) is 3.84. The summed E-state index contributed by atoms with van der Waals surface area (Å²) in [5.74, 6) is 0.202. The van der Waals surface area contributed by atoms with Crippen LogP contribution >= 0.6 is 0 Å². The second-order valence-corrected chi connectivity index (χ2v) is 5.43. The first-order chi connectivity index (χ1) is 8.75. The summed E-state index contributed by atoms with van der Waals surface area (Å²) in [6.07, 6.45) is 14.2. The molecule has 1 aliphatic rings. The molecule has 0 spiro atoms. The third-order valence-corrected chi connectivity index (χ3v) is 3.84. The number of carbonyl (C=O) groups is 1. The maximum atomic E-state index is 11.7. The van der Waals surface area contributed by atoms with Crippen molar-refractivity contribution in [3.63, 3.8) is 0 Å². The Morgan fingerprint density at radius 2 is 2.06 bits per heavy atom. The molecule has 1 N–H and O–H groups in total. The number of unbranched alkanes of at least 4 members (excludes halogenated alkanes) is 3. The van der Waals surface area contributed by atoms with E-state index in [1.807, 2.05) is 0 Å². The number of hydrogen-bond acceptors (Lipinski definition) is 2. The van der Waals surface area contributed by atoms with Gasteiger partial charge in [0.15, 0.2) is 0 Å². The topological polar surface area (TPSA) is 37.3 Å². The molecule has 104 valence electrons. The lowest BCUT2D eigenvalue weighted by molar-refractivity contribution is -0.128. The molecule has 18 heavy (non-hydrogen) atoms. The molecule has 0 aromatic rings. The van der Waals surface area contributed by atoms with E-state index in [2.05, 4.69) is 19.1 Å². The predicted molar refractivity (Wildman–Crippen MR) is 75.5 cm³/mol. The van der Waals surface area contributed by atoms with Crippen LogP contribution in [0.4, 0.5) is 0 Å². The first-order valence-corrected chi connectivity index (χ1v) is 7.61. The molecule has 1 fully saturated rings. The lowest BCUT2D eigenvalue weighted by Crippen LogP contribution is -2.30. The van der Waals surface area contributed by atoms with E-state index in [1.54, 1.807) is 0 Å². The first-order valence-electron chi connectivity index (χ1n) is 7.61. The molecule has 0 saturated heterocycles. The van der Waals surface area contributed by atoms with Crippen molar-refractivity contribution in [2.75, 3.05) is 0 Å². The molecule has 0 aromatic carbocycles. The highest BCUT2D eigenvalue weighted by molar-refractivity contribution is 5.82. The maximum absolute atomic E-state index is 11.7. The Morgan fingerprint density at radius 3 is 2.78 bits per heavy atom. The zero-order valence-electron chi connectivity index (χ0n) is 11.7. The summed E-state index contributed by atoms with van der Waals surface area (Å²) >= 11 is 0. The largest absolute Gasteiger partial charge is 0.392 e. The molecule has 0 heterocycles. The van der Waals surface area contributed by atoms with Crippen LogP contribution in [0.2, 0.25) is 0 Å². The molecule has 0 bridgehead atoms. The number of hydrogen-bond donors (Lipinski definition) is 1. The number of carbonyl (C=O) groups excluding carboxylic acids is 1. The van der Waals surface area contributed by atoms with Gasteiger partial charge in [0.2, 0.25) is 0 Å². The van der Waals surface area contributed by atoms with Gasteiger partial charge in [0.25, 0.3) is 0 Å². The Hall–Kier alpha value is -0.630.